The summed E-state index contributed by atoms with van der Waals surface area (Å²) in [6, 6.07) is -2.57. The third-order valence-electron chi connectivity index (χ3n) is 12.5. The number of carbonyl (C=O) groups is 8. The van der Waals surface area contributed by atoms with Crippen LogP contribution in [0.2, 0.25) is 0 Å². The molecule has 1 aliphatic heterocycles. The highest BCUT2D eigenvalue weighted by atomic mass is 16.4. The molecule has 71 heavy (non-hydrogen) atoms. The average molecular weight is 996 g/mol. The second-order valence-corrected chi connectivity index (χ2v) is 18.3. The number of imidazole rings is 1. The number of guanidine groups is 1. The molecule has 1 aromatic carbocycles. The number of aliphatic imine (C=N–C) groups is 1. The van der Waals surface area contributed by atoms with Crippen LogP contribution < -0.4 is 54.1 Å². The van der Waals surface area contributed by atoms with E-state index in [4.69, 9.17) is 11.5 Å². The highest BCUT2D eigenvalue weighted by molar-refractivity contribution is 6.58. The van der Waals surface area contributed by atoms with Crippen LogP contribution in [0.15, 0.2) is 41.8 Å². The van der Waals surface area contributed by atoms with Crippen molar-refractivity contribution in [3.63, 3.8) is 0 Å². The largest absolute Gasteiger partial charge is 0.488 e. The molecule has 0 unspecified atom stereocenters. The van der Waals surface area contributed by atoms with Crippen LogP contribution in [0.25, 0.3) is 0 Å². The van der Waals surface area contributed by atoms with Crippen molar-refractivity contribution >= 4 is 65.9 Å². The number of aromatic amines is 1. The number of likely N-dealkylation sites (tertiary alicyclic amines) is 1. The van der Waals surface area contributed by atoms with Gasteiger partial charge in [-0.3, -0.25) is 38.6 Å². The Morgan fingerprint density at radius 1 is 0.803 bits per heavy atom. The molecule has 0 spiro atoms. The van der Waals surface area contributed by atoms with Crippen LogP contribution in [0, 0.1) is 17.8 Å². The number of H-pyrrole nitrogens is 1. The van der Waals surface area contributed by atoms with Crippen molar-refractivity contribution in [3.8, 4) is 0 Å². The smallest absolute Gasteiger partial charge is 0.480 e. The van der Waals surface area contributed by atoms with Gasteiger partial charge in [0, 0.05) is 37.8 Å². The highest BCUT2D eigenvalue weighted by Gasteiger charge is 2.41. The Morgan fingerprint density at radius 2 is 1.41 bits per heavy atom. The minimum absolute atomic E-state index is 0.0863. The van der Waals surface area contributed by atoms with Gasteiger partial charge >= 0.3 is 13.1 Å². The molecule has 0 saturated carbocycles. The second kappa shape index (κ2) is 28.9. The Kier molecular flexibility index (Phi) is 23.9. The van der Waals surface area contributed by atoms with Crippen molar-refractivity contribution in [2.24, 2.45) is 34.2 Å². The summed E-state index contributed by atoms with van der Waals surface area (Å²) in [6.07, 6.45) is 4.58. The molecule has 7 amide bonds. The van der Waals surface area contributed by atoms with Crippen molar-refractivity contribution in [1.82, 2.24) is 52.1 Å². The van der Waals surface area contributed by atoms with E-state index in [0.717, 1.165) is 0 Å². The lowest BCUT2D eigenvalue weighted by Crippen LogP contribution is -2.62. The third kappa shape index (κ3) is 18.3. The van der Waals surface area contributed by atoms with E-state index in [-0.39, 0.29) is 56.7 Å². The molecule has 0 radical (unpaired) electrons. The van der Waals surface area contributed by atoms with E-state index in [2.05, 4.69) is 52.2 Å². The number of hydrogen-bond donors (Lipinski definition) is 13. The topological polar surface area (TPSA) is 378 Å². The quantitative estimate of drug-likeness (QED) is 0.0166. The average Bonchev–Trinajstić information content (AvgIpc) is 4.04. The zero-order chi connectivity index (χ0) is 52.9. The summed E-state index contributed by atoms with van der Waals surface area (Å²) in [5.41, 5.74) is 12.0. The second-order valence-electron chi connectivity index (χ2n) is 18.3. The van der Waals surface area contributed by atoms with E-state index in [0.29, 0.717) is 36.9 Å². The normalized spacial score (nSPS) is 16.7. The minimum atomic E-state index is -1.78. The molecule has 0 bridgehead atoms. The summed E-state index contributed by atoms with van der Waals surface area (Å²) in [4.78, 5) is 122. The fourth-order valence-electron chi connectivity index (χ4n) is 7.97. The zero-order valence-corrected chi connectivity index (χ0v) is 41.7. The lowest BCUT2D eigenvalue weighted by atomic mass is 9.80. The number of rotatable bonds is 29. The Morgan fingerprint density at radius 3 is 1.97 bits per heavy atom. The molecule has 2 aromatic rings. The number of amides is 7. The number of likely N-dealkylation sites (N-methyl/N-ethyl adjacent to an activating group) is 1. The number of carboxylic acids is 1. The number of hydrogen-bond acceptors (Lipinski definition) is 13. The predicted molar refractivity (Wildman–Crippen MR) is 264 cm³/mol. The van der Waals surface area contributed by atoms with Gasteiger partial charge in [0.2, 0.25) is 41.4 Å². The van der Waals surface area contributed by atoms with E-state index < -0.39 is 114 Å². The van der Waals surface area contributed by atoms with Crippen molar-refractivity contribution in [2.75, 3.05) is 26.7 Å². The van der Waals surface area contributed by atoms with Crippen LogP contribution in [0.5, 0.6) is 0 Å². The number of benzene rings is 1. The lowest BCUT2D eigenvalue weighted by molar-refractivity contribution is -0.146. The summed E-state index contributed by atoms with van der Waals surface area (Å²) in [6.45, 7) is 10.6. The van der Waals surface area contributed by atoms with Crippen LogP contribution in [0.3, 0.4) is 0 Å². The SMILES string of the molecule is CC[C@H](C)[C@H](NC(=O)[C@@H]1CCCN1C(=O)[C@H](Cc1cnc[nH]1)NC(=O)[C@@H](NC(=O)[C@H](Cc1ccc(B(O)O)cc1)NC(=O)[C@@H](NC(=O)[C@H](CCCN=C(N)N)NC(=O)CNC)C(C)C)[C@@H](C)CC)C(=O)O. The molecule has 1 fully saturated rings. The van der Waals surface area contributed by atoms with E-state index in [9.17, 15) is 53.5 Å². The van der Waals surface area contributed by atoms with Crippen molar-refractivity contribution in [3.05, 3.63) is 48.0 Å². The molecule has 3 rings (SSSR count). The van der Waals surface area contributed by atoms with Gasteiger partial charge in [-0.25, -0.2) is 9.78 Å². The van der Waals surface area contributed by atoms with Gasteiger partial charge in [0.25, 0.3) is 0 Å². The van der Waals surface area contributed by atoms with Gasteiger partial charge in [-0.2, -0.15) is 0 Å². The fourth-order valence-corrected chi connectivity index (χ4v) is 7.97. The Labute approximate surface area is 414 Å². The monoisotopic (exact) mass is 996 g/mol. The predicted octanol–water partition coefficient (Wildman–Crippen LogP) is -3.12. The molecule has 25 heteroatoms. The number of nitrogens with zero attached hydrogens (tertiary/aromatic N) is 3. The molecule has 1 aromatic heterocycles. The van der Waals surface area contributed by atoms with Gasteiger partial charge in [0.15, 0.2) is 5.96 Å². The Balaban J connectivity index is 1.96. The van der Waals surface area contributed by atoms with Gasteiger partial charge in [-0.05, 0) is 61.5 Å². The summed E-state index contributed by atoms with van der Waals surface area (Å²) in [5, 5.41) is 48.3. The lowest BCUT2D eigenvalue weighted by Gasteiger charge is -2.32. The summed E-state index contributed by atoms with van der Waals surface area (Å²) in [5.74, 6) is -7.59. The maximum atomic E-state index is 14.6. The van der Waals surface area contributed by atoms with Gasteiger partial charge in [0.05, 0.1) is 12.9 Å². The van der Waals surface area contributed by atoms with Crippen molar-refractivity contribution < 1.29 is 53.5 Å². The molecule has 2 heterocycles. The number of nitrogens with one attached hydrogen (secondary N) is 8. The maximum Gasteiger partial charge on any atom is 0.488 e. The van der Waals surface area contributed by atoms with Crippen LogP contribution in [-0.4, -0.2) is 159 Å². The van der Waals surface area contributed by atoms with Gasteiger partial charge in [-0.15, -0.1) is 0 Å². The van der Waals surface area contributed by atoms with Crippen LogP contribution >= 0.6 is 0 Å². The standard InChI is InChI=1S/C46H74BN13O11/c1-8-26(5)37(43(66)56-33(21-30-22-51-24-53-30)44(67)60-19-11-13-34(60)41(64)59-38(45(68)69)27(6)9-2)58-40(63)32(20-28-14-16-29(17-15-28)47(70)71)55-42(65)36(25(3)4)57-39(62)31(54-35(61)23-50-7)12-10-18-52-46(48)49/h14-17,22,24-27,31-34,36-38,50,70-71H,8-13,18-21,23H2,1-7H3,(H,51,53)(H,54,61)(H,55,65)(H,56,66)(H,57,62)(H,58,63)(H,59,64)(H,68,69)(H4,48,49,52)/t26-,27-,31-,32-,33-,34-,36-,37-,38-/m0/s1. The fraction of sp³-hybridized carbons (Fsp3) is 0.609. The molecule has 15 N–H and O–H groups in total. The molecule has 392 valence electrons. The first-order valence-electron chi connectivity index (χ1n) is 24.1. The Bertz CT molecular complexity index is 2120. The molecule has 1 saturated heterocycles. The first kappa shape index (κ1) is 58.7. The summed E-state index contributed by atoms with van der Waals surface area (Å²) < 4.78 is 0. The van der Waals surface area contributed by atoms with E-state index in [1.165, 1.54) is 41.7 Å². The number of carbonyl (C=O) groups excluding carboxylic acids is 7. The third-order valence-corrected chi connectivity index (χ3v) is 12.5. The van der Waals surface area contributed by atoms with Crippen LogP contribution in [0.4, 0.5) is 0 Å². The minimum Gasteiger partial charge on any atom is -0.480 e. The van der Waals surface area contributed by atoms with Gasteiger partial charge in [0.1, 0.15) is 42.3 Å². The van der Waals surface area contributed by atoms with E-state index >= 15 is 0 Å². The van der Waals surface area contributed by atoms with Crippen molar-refractivity contribution in [2.45, 2.75) is 135 Å². The Hall–Kier alpha value is -6.60. The number of nitrogens with two attached hydrogens (primary N) is 2. The molecular weight excluding hydrogens is 921 g/mol. The van der Waals surface area contributed by atoms with E-state index in [1.807, 2.05) is 0 Å². The van der Waals surface area contributed by atoms with E-state index in [1.54, 1.807) is 48.6 Å². The number of aromatic nitrogens is 2. The molecular formula is C46H74BN13O11. The molecule has 1 aliphatic rings. The zero-order valence-electron chi connectivity index (χ0n) is 41.7. The van der Waals surface area contributed by atoms with Crippen LogP contribution in [0.1, 0.15) is 91.3 Å². The molecule has 9 atom stereocenters. The molecule has 24 nitrogen and oxygen atoms in total. The highest BCUT2D eigenvalue weighted by Crippen LogP contribution is 2.21. The van der Waals surface area contributed by atoms with Crippen molar-refractivity contribution in [1.29, 1.82) is 0 Å². The number of aliphatic carboxylic acids is 1. The maximum absolute atomic E-state index is 14.6. The summed E-state index contributed by atoms with van der Waals surface area (Å²) >= 11 is 0. The van der Waals surface area contributed by atoms with Gasteiger partial charge < -0.3 is 73.7 Å². The summed E-state index contributed by atoms with van der Waals surface area (Å²) in [7, 11) is -0.214. The number of carboxylic acid groups (broad SMARTS) is 1. The first-order chi connectivity index (χ1) is 33.6. The van der Waals surface area contributed by atoms with Gasteiger partial charge in [-0.1, -0.05) is 78.6 Å². The van der Waals surface area contributed by atoms with Crippen LogP contribution in [-0.2, 0) is 51.2 Å². The first-order valence-corrected chi connectivity index (χ1v) is 24.1. The molecule has 0 aliphatic carbocycles.